The molecule has 1 amide bonds. The Hall–Kier alpha value is -0.620. The van der Waals surface area contributed by atoms with Crippen molar-refractivity contribution in [1.29, 1.82) is 0 Å². The highest BCUT2D eigenvalue weighted by molar-refractivity contribution is 7.91. The number of nitrogens with one attached hydrogen (secondary N) is 1. The van der Waals surface area contributed by atoms with Gasteiger partial charge in [-0.1, -0.05) is 19.8 Å². The van der Waals surface area contributed by atoms with Gasteiger partial charge < -0.3 is 5.32 Å². The fourth-order valence-electron chi connectivity index (χ4n) is 3.14. The van der Waals surface area contributed by atoms with Crippen LogP contribution in [0.15, 0.2) is 0 Å². The summed E-state index contributed by atoms with van der Waals surface area (Å²) in [7, 11) is -2.92. The molecular weight excluding hydrogens is 264 g/mol. The van der Waals surface area contributed by atoms with Crippen LogP contribution in [0.5, 0.6) is 0 Å². The largest absolute Gasteiger partial charge is 0.351 e. The van der Waals surface area contributed by atoms with Crippen LogP contribution in [0.3, 0.4) is 0 Å². The third-order valence-electron chi connectivity index (χ3n) is 4.19. The molecule has 2 fully saturated rings. The maximum absolute atomic E-state index is 12.0. The lowest BCUT2D eigenvalue weighted by molar-refractivity contribution is -0.123. The Morgan fingerprint density at radius 3 is 2.47 bits per heavy atom. The number of nitrogens with zero attached hydrogens (tertiary/aromatic N) is 1. The number of hydrogen-bond acceptors (Lipinski definition) is 4. The van der Waals surface area contributed by atoms with Gasteiger partial charge in [0.1, 0.15) is 0 Å². The lowest BCUT2D eigenvalue weighted by Crippen LogP contribution is -2.45. The van der Waals surface area contributed by atoms with E-state index in [1.807, 2.05) is 0 Å². The molecule has 19 heavy (non-hydrogen) atoms. The summed E-state index contributed by atoms with van der Waals surface area (Å²) in [5.74, 6) is 0.280. The zero-order valence-corrected chi connectivity index (χ0v) is 12.4. The summed E-state index contributed by atoms with van der Waals surface area (Å²) < 4.78 is 22.7. The molecule has 110 valence electrons. The molecule has 1 saturated heterocycles. The summed E-state index contributed by atoms with van der Waals surface area (Å²) in [6.07, 6.45) is 5.43. The second kappa shape index (κ2) is 6.22. The van der Waals surface area contributed by atoms with Gasteiger partial charge in [0, 0.05) is 12.1 Å². The van der Waals surface area contributed by atoms with Gasteiger partial charge in [0.2, 0.25) is 5.91 Å². The van der Waals surface area contributed by atoms with Crippen LogP contribution in [0.2, 0.25) is 0 Å². The van der Waals surface area contributed by atoms with E-state index in [0.717, 1.165) is 6.54 Å². The highest BCUT2D eigenvalue weighted by Gasteiger charge is 2.30. The lowest BCUT2D eigenvalue weighted by Gasteiger charge is -2.27. The van der Waals surface area contributed by atoms with E-state index >= 15 is 0 Å². The first kappa shape index (κ1) is 14.8. The second-order valence-corrected chi connectivity index (χ2v) is 7.90. The van der Waals surface area contributed by atoms with Gasteiger partial charge in [0.05, 0.1) is 18.1 Å². The number of hydrogen-bond donors (Lipinski definition) is 1. The summed E-state index contributed by atoms with van der Waals surface area (Å²) in [4.78, 5) is 14.2. The maximum Gasteiger partial charge on any atom is 0.234 e. The molecule has 1 heterocycles. The molecule has 6 heteroatoms. The molecule has 2 aliphatic rings. The zero-order chi connectivity index (χ0) is 13.9. The van der Waals surface area contributed by atoms with Crippen molar-refractivity contribution in [2.24, 2.45) is 0 Å². The van der Waals surface area contributed by atoms with E-state index in [4.69, 9.17) is 0 Å². The van der Waals surface area contributed by atoms with Gasteiger partial charge in [0.15, 0.2) is 9.84 Å². The van der Waals surface area contributed by atoms with Gasteiger partial charge in [-0.15, -0.1) is 0 Å². The molecule has 0 spiro atoms. The molecule has 0 unspecified atom stereocenters. The highest BCUT2D eigenvalue weighted by atomic mass is 32.2. The Bertz CT molecular complexity index is 416. The van der Waals surface area contributed by atoms with Crippen molar-refractivity contribution in [2.75, 3.05) is 24.6 Å². The smallest absolute Gasteiger partial charge is 0.234 e. The maximum atomic E-state index is 12.0. The van der Waals surface area contributed by atoms with Crippen LogP contribution in [0.25, 0.3) is 0 Å². The molecule has 0 bridgehead atoms. The number of sulfone groups is 1. The monoisotopic (exact) mass is 288 g/mol. The van der Waals surface area contributed by atoms with Gasteiger partial charge in [-0.05, 0) is 25.8 Å². The van der Waals surface area contributed by atoms with Crippen LogP contribution in [0.1, 0.15) is 39.0 Å². The number of carbonyl (C=O) groups excluding carboxylic acids is 1. The molecule has 1 aliphatic heterocycles. The van der Waals surface area contributed by atoms with Crippen LogP contribution in [0.4, 0.5) is 0 Å². The minimum Gasteiger partial charge on any atom is -0.351 e. The van der Waals surface area contributed by atoms with Gasteiger partial charge in [-0.25, -0.2) is 8.42 Å². The van der Waals surface area contributed by atoms with Crippen LogP contribution in [-0.4, -0.2) is 55.9 Å². The van der Waals surface area contributed by atoms with Gasteiger partial charge in [0.25, 0.3) is 0 Å². The van der Waals surface area contributed by atoms with Crippen molar-refractivity contribution < 1.29 is 13.2 Å². The molecule has 1 saturated carbocycles. The number of amides is 1. The molecule has 1 N–H and O–H groups in total. The molecule has 5 nitrogen and oxygen atoms in total. The normalized spacial score (nSPS) is 26.9. The van der Waals surface area contributed by atoms with Gasteiger partial charge in [-0.2, -0.15) is 0 Å². The Labute approximate surface area is 115 Å². The van der Waals surface area contributed by atoms with Crippen molar-refractivity contribution in [3.63, 3.8) is 0 Å². The van der Waals surface area contributed by atoms with Crippen molar-refractivity contribution in [1.82, 2.24) is 10.2 Å². The number of carbonyl (C=O) groups is 1. The average molecular weight is 288 g/mol. The second-order valence-electron chi connectivity index (χ2n) is 5.67. The van der Waals surface area contributed by atoms with Crippen molar-refractivity contribution in [2.45, 2.75) is 51.1 Å². The first-order valence-electron chi connectivity index (χ1n) is 7.24. The van der Waals surface area contributed by atoms with Crippen molar-refractivity contribution in [3.8, 4) is 0 Å². The van der Waals surface area contributed by atoms with Crippen molar-refractivity contribution >= 4 is 15.7 Å². The van der Waals surface area contributed by atoms with E-state index in [1.165, 1.54) is 25.7 Å². The topological polar surface area (TPSA) is 66.5 Å². The van der Waals surface area contributed by atoms with E-state index in [1.54, 1.807) is 0 Å². The molecule has 1 aliphatic carbocycles. The standard InChI is InChI=1S/C13H24N2O3S/c1-2-15(12-5-3-4-6-12)9-13(16)14-11-7-8-19(17,18)10-11/h11-12H,2-10H2,1H3,(H,14,16)/t11-/m1/s1. The molecule has 2 rings (SSSR count). The summed E-state index contributed by atoms with van der Waals surface area (Å²) in [5, 5.41) is 2.86. The molecule has 1 atom stereocenters. The molecule has 0 aromatic rings. The van der Waals surface area contributed by atoms with Crippen LogP contribution >= 0.6 is 0 Å². The molecular formula is C13H24N2O3S. The quantitative estimate of drug-likeness (QED) is 0.802. The van der Waals surface area contributed by atoms with Crippen LogP contribution in [-0.2, 0) is 14.6 Å². The predicted molar refractivity (Wildman–Crippen MR) is 74.7 cm³/mol. The Balaban J connectivity index is 1.80. The first-order valence-corrected chi connectivity index (χ1v) is 9.06. The third kappa shape index (κ3) is 4.18. The first-order chi connectivity index (χ1) is 9.00. The molecule has 0 aromatic carbocycles. The molecule has 0 radical (unpaired) electrons. The number of likely N-dealkylation sites (N-methyl/N-ethyl adjacent to an activating group) is 1. The van der Waals surface area contributed by atoms with E-state index in [2.05, 4.69) is 17.1 Å². The molecule has 0 aromatic heterocycles. The number of rotatable bonds is 5. The fourth-order valence-corrected chi connectivity index (χ4v) is 4.81. The Morgan fingerprint density at radius 1 is 1.26 bits per heavy atom. The minimum atomic E-state index is -2.92. The zero-order valence-electron chi connectivity index (χ0n) is 11.6. The Morgan fingerprint density at radius 2 is 1.95 bits per heavy atom. The van der Waals surface area contributed by atoms with Crippen LogP contribution in [0, 0.1) is 0 Å². The van der Waals surface area contributed by atoms with E-state index in [-0.39, 0.29) is 23.5 Å². The van der Waals surface area contributed by atoms with Crippen molar-refractivity contribution in [3.05, 3.63) is 0 Å². The van der Waals surface area contributed by atoms with Crippen LogP contribution < -0.4 is 5.32 Å². The highest BCUT2D eigenvalue weighted by Crippen LogP contribution is 2.23. The van der Waals surface area contributed by atoms with E-state index < -0.39 is 9.84 Å². The average Bonchev–Trinajstić information content (AvgIpc) is 2.96. The minimum absolute atomic E-state index is 0.0316. The SMILES string of the molecule is CCN(CC(=O)N[C@@H]1CCS(=O)(=O)C1)C1CCCC1. The third-order valence-corrected chi connectivity index (χ3v) is 5.96. The fraction of sp³-hybridized carbons (Fsp3) is 0.923. The Kier molecular flexibility index (Phi) is 4.84. The predicted octanol–water partition coefficient (Wildman–Crippen LogP) is 0.554. The summed E-state index contributed by atoms with van der Waals surface area (Å²) in [6.45, 7) is 3.35. The summed E-state index contributed by atoms with van der Waals surface area (Å²) in [5.41, 5.74) is 0. The van der Waals surface area contributed by atoms with E-state index in [9.17, 15) is 13.2 Å². The summed E-state index contributed by atoms with van der Waals surface area (Å²) in [6, 6.07) is 0.350. The lowest BCUT2D eigenvalue weighted by atomic mass is 10.2. The van der Waals surface area contributed by atoms with E-state index in [0.29, 0.717) is 19.0 Å². The van der Waals surface area contributed by atoms with Gasteiger partial charge in [-0.3, -0.25) is 9.69 Å². The van der Waals surface area contributed by atoms with Gasteiger partial charge >= 0.3 is 0 Å². The summed E-state index contributed by atoms with van der Waals surface area (Å²) >= 11 is 0.